The third-order valence-corrected chi connectivity index (χ3v) is 7.97. The van der Waals surface area contributed by atoms with Gasteiger partial charge in [0.15, 0.2) is 0 Å². The summed E-state index contributed by atoms with van der Waals surface area (Å²) < 4.78 is 16.5. The molecule has 228 valence electrons. The second-order valence-corrected chi connectivity index (χ2v) is 11.5. The van der Waals surface area contributed by atoms with Crippen LogP contribution in [0.4, 0.5) is 4.20 Å². The molecule has 1 heterocycles. The number of nitrogens with zero attached hydrogens (tertiary/aromatic N) is 1. The van der Waals surface area contributed by atoms with Gasteiger partial charge in [-0.15, -0.1) is 0 Å². The number of likely N-dealkylation sites (tertiary alicyclic amines) is 1. The van der Waals surface area contributed by atoms with Gasteiger partial charge in [-0.05, 0) is 68.7 Å². The van der Waals surface area contributed by atoms with Gasteiger partial charge in [0, 0.05) is 12.1 Å². The first-order valence-corrected chi connectivity index (χ1v) is 16.6. The Morgan fingerprint density at radius 2 is 1.31 bits per heavy atom. The summed E-state index contributed by atoms with van der Waals surface area (Å²) in [6.07, 6.45) is 17.5. The van der Waals surface area contributed by atoms with Crippen LogP contribution in [-0.4, -0.2) is 30.2 Å². The summed E-state index contributed by atoms with van der Waals surface area (Å²) in [6, 6.07) is 21.4. The van der Waals surface area contributed by atoms with Crippen LogP contribution in [0.5, 0.6) is 0 Å². The molecule has 1 aliphatic heterocycles. The van der Waals surface area contributed by atoms with E-state index in [9.17, 15) is 14.1 Å². The van der Waals surface area contributed by atoms with Crippen molar-refractivity contribution in [2.24, 2.45) is 0 Å². The van der Waals surface area contributed by atoms with Crippen molar-refractivity contribution < 1.29 is 70.0 Å². The van der Waals surface area contributed by atoms with Gasteiger partial charge in [0.1, 0.15) is 0 Å². The normalized spacial score (nSPS) is 14.7. The van der Waals surface area contributed by atoms with Crippen LogP contribution in [0, 0.1) is 0 Å². The van der Waals surface area contributed by atoms with Gasteiger partial charge in [-0.1, -0.05) is 125 Å². The van der Waals surface area contributed by atoms with Crippen LogP contribution in [0.15, 0.2) is 72.8 Å². The van der Waals surface area contributed by atoms with E-state index in [1.165, 1.54) is 73.8 Å². The van der Waals surface area contributed by atoms with Gasteiger partial charge in [0.05, 0.1) is 6.61 Å². The molecule has 3 rings (SSSR count). The third-order valence-electron chi connectivity index (χ3n) is 7.66. The topological polar surface area (TPSA) is 52.6 Å². The average molecular weight is 624 g/mol. The molecule has 2 unspecified atom stereocenters. The maximum absolute atomic E-state index is 12.3. The van der Waals surface area contributed by atoms with Gasteiger partial charge in [-0.25, -0.2) is 0 Å². The zero-order valence-corrected chi connectivity index (χ0v) is 30.2. The second kappa shape index (κ2) is 26.9. The molecule has 1 amide bonds. The van der Waals surface area contributed by atoms with Crippen LogP contribution in [0.1, 0.15) is 107 Å². The first kappa shape index (κ1) is 39.6. The molecule has 2 aromatic rings. The van der Waals surface area contributed by atoms with E-state index in [1.807, 2.05) is 0 Å². The largest absolute Gasteiger partial charge is 1.00 e. The number of unbranched alkanes of at least 4 members (excludes halogenated alkanes) is 9. The standard InChI is InChI=1S/C20H36FNO3P.C15H16.K/c1-18(20(24)22-16-12-11-15-19(22)23)14-10-8-6-4-2-3-5-7-9-13-17-25-26-21;1-3-8-14(9-4-1)12-7-13-15-10-5-2-6-11-15;/h19,26H,1-17H2;1-6,8-11H,7,12-13H2;/q-1;;+1. The smallest absolute Gasteiger partial charge is 0.836 e. The molecule has 0 bridgehead atoms. The zero-order chi connectivity index (χ0) is 29.4. The maximum atomic E-state index is 12.3. The van der Waals surface area contributed by atoms with Gasteiger partial charge in [-0.3, -0.25) is 4.79 Å². The molecule has 2 aromatic carbocycles. The molecule has 42 heavy (non-hydrogen) atoms. The van der Waals surface area contributed by atoms with E-state index in [-0.39, 0.29) is 57.3 Å². The number of carbonyl (C=O) groups is 1. The number of hydrogen-bond donors (Lipinski definition) is 0. The Balaban J connectivity index is 0.000000466. The number of hydrogen-bond acceptors (Lipinski definition) is 3. The molecular weight excluding hydrogens is 571 g/mol. The molecule has 4 nitrogen and oxygen atoms in total. The first-order chi connectivity index (χ1) is 20.1. The van der Waals surface area contributed by atoms with Crippen molar-refractivity contribution in [3.05, 3.63) is 83.9 Å². The Bertz CT molecular complexity index is 895. The fraction of sp³-hybridized carbons (Fsp3) is 0.571. The monoisotopic (exact) mass is 623 g/mol. The first-order valence-electron chi connectivity index (χ1n) is 15.8. The Morgan fingerprint density at radius 1 is 0.810 bits per heavy atom. The molecular formula is C35H52FKNO3P. The minimum absolute atomic E-state index is 0. The van der Waals surface area contributed by atoms with Gasteiger partial charge in [0.2, 0.25) is 15.0 Å². The summed E-state index contributed by atoms with van der Waals surface area (Å²) in [5.41, 5.74) is 3.48. The number of amides is 1. The summed E-state index contributed by atoms with van der Waals surface area (Å²) in [7, 11) is -0.875. The Morgan fingerprint density at radius 3 is 1.81 bits per heavy atom. The Kier molecular flexibility index (Phi) is 25.4. The quantitative estimate of drug-likeness (QED) is 0.0849. The van der Waals surface area contributed by atoms with Crippen molar-refractivity contribution in [1.82, 2.24) is 4.90 Å². The van der Waals surface area contributed by atoms with Crippen molar-refractivity contribution >= 4 is 15.0 Å². The van der Waals surface area contributed by atoms with Gasteiger partial charge in [0.25, 0.3) is 0 Å². The van der Waals surface area contributed by atoms with E-state index in [4.69, 9.17) is 4.52 Å². The Hall–Kier alpha value is -0.434. The fourth-order valence-electron chi connectivity index (χ4n) is 5.19. The predicted molar refractivity (Wildman–Crippen MR) is 170 cm³/mol. The van der Waals surface area contributed by atoms with E-state index in [0.717, 1.165) is 38.5 Å². The van der Waals surface area contributed by atoms with Crippen LogP contribution >= 0.6 is 9.12 Å². The summed E-state index contributed by atoms with van der Waals surface area (Å²) in [6.45, 7) is 5.04. The van der Waals surface area contributed by atoms with Crippen molar-refractivity contribution in [1.29, 1.82) is 0 Å². The van der Waals surface area contributed by atoms with Crippen molar-refractivity contribution in [3.63, 3.8) is 0 Å². The number of aryl methyl sites for hydroxylation is 2. The van der Waals surface area contributed by atoms with Gasteiger partial charge in [-0.2, -0.15) is 4.20 Å². The summed E-state index contributed by atoms with van der Waals surface area (Å²) in [4.78, 5) is 13.7. The van der Waals surface area contributed by atoms with Crippen molar-refractivity contribution in [2.75, 3.05) is 13.2 Å². The molecule has 2 atom stereocenters. The number of halogens is 1. The summed E-state index contributed by atoms with van der Waals surface area (Å²) in [5, 5.41) is 11.9. The molecule has 0 spiro atoms. The molecule has 0 aliphatic carbocycles. The van der Waals surface area contributed by atoms with Crippen LogP contribution in [0.3, 0.4) is 0 Å². The van der Waals surface area contributed by atoms with Crippen molar-refractivity contribution in [3.8, 4) is 0 Å². The maximum Gasteiger partial charge on any atom is 1.00 e. The van der Waals surface area contributed by atoms with Crippen LogP contribution in [0.25, 0.3) is 0 Å². The van der Waals surface area contributed by atoms with Crippen LogP contribution in [-0.2, 0) is 22.2 Å². The molecule has 0 N–H and O–H groups in total. The van der Waals surface area contributed by atoms with E-state index < -0.39 is 15.3 Å². The van der Waals surface area contributed by atoms with Gasteiger partial charge < -0.3 is 14.5 Å². The molecule has 1 saturated heterocycles. The summed E-state index contributed by atoms with van der Waals surface area (Å²) in [5.74, 6) is -0.123. The van der Waals surface area contributed by atoms with E-state index in [0.29, 0.717) is 31.6 Å². The molecule has 0 saturated carbocycles. The van der Waals surface area contributed by atoms with E-state index >= 15 is 0 Å². The van der Waals surface area contributed by atoms with E-state index in [2.05, 4.69) is 67.2 Å². The minimum Gasteiger partial charge on any atom is -0.836 e. The average Bonchev–Trinajstić information content (AvgIpc) is 3.01. The number of benzene rings is 2. The minimum atomic E-state index is -0.875. The molecule has 1 fully saturated rings. The Labute approximate surface area is 299 Å². The predicted octanol–water partition coefficient (Wildman–Crippen LogP) is 5.89. The summed E-state index contributed by atoms with van der Waals surface area (Å²) >= 11 is 0. The van der Waals surface area contributed by atoms with Crippen LogP contribution in [0.2, 0.25) is 0 Å². The number of rotatable bonds is 19. The molecule has 1 aliphatic rings. The van der Waals surface area contributed by atoms with Crippen molar-refractivity contribution in [2.45, 2.75) is 115 Å². The molecule has 7 heteroatoms. The molecule has 0 aromatic heterocycles. The number of piperidine rings is 1. The molecule has 0 radical (unpaired) electrons. The zero-order valence-electron chi connectivity index (χ0n) is 26.0. The van der Waals surface area contributed by atoms with Gasteiger partial charge >= 0.3 is 51.4 Å². The SMILES string of the molecule is C=C(CCCCCCCCCCCCOPF)C(=O)N1CCCCC1[O-].[K+].c1ccc(CCCc2ccccc2)cc1. The van der Waals surface area contributed by atoms with E-state index in [1.54, 1.807) is 0 Å². The fourth-order valence-corrected chi connectivity index (χ4v) is 5.42. The van der Waals surface area contributed by atoms with Crippen LogP contribution < -0.4 is 56.5 Å². The third kappa shape index (κ3) is 19.1. The second-order valence-electron chi connectivity index (χ2n) is 11.1. The number of carbonyl (C=O) groups excluding carboxylic acids is 1.